The number of hydrogen-bond acceptors (Lipinski definition) is 5. The van der Waals surface area contributed by atoms with Gasteiger partial charge in [0.05, 0.1) is 35.2 Å². The molecular weight excluding hydrogens is 575 g/mol. The largest absolute Gasteiger partial charge is 0.491 e. The van der Waals surface area contributed by atoms with Gasteiger partial charge in [0, 0.05) is 36.2 Å². The first-order valence-corrected chi connectivity index (χ1v) is 16.5. The minimum absolute atomic E-state index is 0.134. The number of rotatable bonds is 17. The van der Waals surface area contributed by atoms with Gasteiger partial charge < -0.3 is 14.0 Å². The summed E-state index contributed by atoms with van der Waals surface area (Å²) in [6.07, 6.45) is 8.31. The molecule has 0 amide bonds. The number of aryl methyl sites for hydroxylation is 1. The summed E-state index contributed by atoms with van der Waals surface area (Å²) in [5.41, 5.74) is 4.44. The Bertz CT molecular complexity index is 1560. The summed E-state index contributed by atoms with van der Waals surface area (Å²) in [5.74, 6) is 0.614. The van der Waals surface area contributed by atoms with Gasteiger partial charge in [-0.1, -0.05) is 50.6 Å². The van der Waals surface area contributed by atoms with Crippen molar-refractivity contribution in [3.8, 4) is 16.9 Å². The number of hydrogen-bond donors (Lipinski definition) is 0. The fourth-order valence-electron chi connectivity index (χ4n) is 4.78. The lowest BCUT2D eigenvalue weighted by molar-refractivity contribution is -0.113. The molecule has 8 heteroatoms. The van der Waals surface area contributed by atoms with E-state index in [2.05, 4.69) is 18.8 Å². The second-order valence-corrected chi connectivity index (χ2v) is 12.2. The number of allylic oxidation sites excluding steroid dienone is 2. The van der Waals surface area contributed by atoms with Crippen LogP contribution in [0.4, 0.5) is 4.39 Å². The molecule has 0 saturated carbocycles. The van der Waals surface area contributed by atoms with E-state index in [1.54, 1.807) is 43.7 Å². The average molecular weight is 617 g/mol. The van der Waals surface area contributed by atoms with E-state index in [-0.39, 0.29) is 18.0 Å². The third kappa shape index (κ3) is 9.56. The van der Waals surface area contributed by atoms with Crippen LogP contribution in [0.2, 0.25) is 0 Å². The van der Waals surface area contributed by atoms with Crippen LogP contribution in [0.25, 0.3) is 16.7 Å². The second-order valence-electron chi connectivity index (χ2n) is 10.7. The highest BCUT2D eigenvalue weighted by molar-refractivity contribution is 7.84. The van der Waals surface area contributed by atoms with Crippen molar-refractivity contribution in [2.75, 3.05) is 19.8 Å². The Morgan fingerprint density at radius 2 is 1.70 bits per heavy atom. The number of nitrogens with zero attached hydrogens (tertiary/aromatic N) is 2. The fraction of sp³-hybridized carbons (Fsp3) is 0.333. The minimum Gasteiger partial charge on any atom is -0.491 e. The van der Waals surface area contributed by atoms with Crippen LogP contribution in [0.3, 0.4) is 0 Å². The zero-order chi connectivity index (χ0) is 31.3. The molecule has 1 unspecified atom stereocenters. The van der Waals surface area contributed by atoms with Crippen LogP contribution in [0, 0.1) is 5.82 Å². The Kier molecular flexibility index (Phi) is 12.6. The standard InChI is InChI=1S/C36H41FN2O4S/c1-4-6-18-42-19-20-43-33-12-9-29(10-13-33)30-11-16-36(37)35(23-30)27(3)21-32(40)22-28-7-14-34(15-8-28)44(41)25-31-24-38-26-39(31)17-5-2/h7-16,21,23-24,26H,4-6,17-20,22,25H2,1-3H3/b27-21+. The summed E-state index contributed by atoms with van der Waals surface area (Å²) in [7, 11) is -1.22. The molecule has 4 aromatic rings. The molecule has 0 radical (unpaired) electrons. The quantitative estimate of drug-likeness (QED) is 0.0894. The van der Waals surface area contributed by atoms with E-state index in [1.807, 2.05) is 41.0 Å². The summed E-state index contributed by atoms with van der Waals surface area (Å²) < 4.78 is 41.1. The zero-order valence-corrected chi connectivity index (χ0v) is 26.6. The van der Waals surface area contributed by atoms with E-state index in [0.717, 1.165) is 60.5 Å². The fourth-order valence-corrected chi connectivity index (χ4v) is 5.89. The molecule has 1 aromatic heterocycles. The second kappa shape index (κ2) is 16.8. The molecule has 0 aliphatic carbocycles. The molecule has 1 heterocycles. The number of benzene rings is 3. The monoisotopic (exact) mass is 616 g/mol. The van der Waals surface area contributed by atoms with Crippen LogP contribution in [0.1, 0.15) is 56.9 Å². The Labute approximate surface area is 262 Å². The van der Waals surface area contributed by atoms with E-state index in [9.17, 15) is 13.4 Å². The van der Waals surface area contributed by atoms with Crippen molar-refractivity contribution < 1.29 is 22.9 Å². The van der Waals surface area contributed by atoms with E-state index >= 15 is 0 Å². The molecule has 0 bridgehead atoms. The SMILES string of the molecule is CCCCOCCOc1ccc(-c2ccc(F)c(/C(C)=C/C(=O)Cc3ccc(S(=O)Cc4cncn4CCC)cc3)c2)cc1. The highest BCUT2D eigenvalue weighted by atomic mass is 32.2. The van der Waals surface area contributed by atoms with E-state index in [1.165, 1.54) is 12.1 Å². The van der Waals surface area contributed by atoms with E-state index in [4.69, 9.17) is 9.47 Å². The molecule has 0 saturated heterocycles. The van der Waals surface area contributed by atoms with Crippen molar-refractivity contribution >= 4 is 22.2 Å². The Hall–Kier alpha value is -3.88. The van der Waals surface area contributed by atoms with Gasteiger partial charge in [0.1, 0.15) is 18.2 Å². The average Bonchev–Trinajstić information content (AvgIpc) is 3.46. The Balaban J connectivity index is 1.35. The molecular formula is C36H41FN2O4S. The maximum Gasteiger partial charge on any atom is 0.160 e. The molecule has 0 fully saturated rings. The normalized spacial score (nSPS) is 12.3. The van der Waals surface area contributed by atoms with Gasteiger partial charge in [0.25, 0.3) is 0 Å². The lowest BCUT2D eigenvalue weighted by Gasteiger charge is -2.10. The number of ketones is 1. The molecule has 0 aliphatic heterocycles. The highest BCUT2D eigenvalue weighted by Crippen LogP contribution is 2.28. The predicted octanol–water partition coefficient (Wildman–Crippen LogP) is 7.82. The maximum atomic E-state index is 14.8. The van der Waals surface area contributed by atoms with Crippen molar-refractivity contribution in [3.05, 3.63) is 108 Å². The Morgan fingerprint density at radius 1 is 0.955 bits per heavy atom. The number of halogens is 1. The van der Waals surface area contributed by atoms with Gasteiger partial charge in [0.2, 0.25) is 0 Å². The molecule has 0 spiro atoms. The number of carbonyl (C=O) groups excluding carboxylic acids is 1. The zero-order valence-electron chi connectivity index (χ0n) is 25.8. The maximum absolute atomic E-state index is 14.8. The summed E-state index contributed by atoms with van der Waals surface area (Å²) in [5, 5.41) is 0. The van der Waals surface area contributed by atoms with E-state index in [0.29, 0.717) is 35.0 Å². The van der Waals surface area contributed by atoms with Crippen LogP contribution in [-0.4, -0.2) is 39.4 Å². The molecule has 6 nitrogen and oxygen atoms in total. The van der Waals surface area contributed by atoms with Crippen LogP contribution in [0.15, 0.2) is 90.2 Å². The smallest absolute Gasteiger partial charge is 0.160 e. The molecule has 0 N–H and O–H groups in total. The van der Waals surface area contributed by atoms with Crippen LogP contribution in [0.5, 0.6) is 5.75 Å². The van der Waals surface area contributed by atoms with Crippen molar-refractivity contribution in [1.29, 1.82) is 0 Å². The third-order valence-electron chi connectivity index (χ3n) is 7.20. The van der Waals surface area contributed by atoms with E-state index < -0.39 is 10.8 Å². The summed E-state index contributed by atoms with van der Waals surface area (Å²) in [6.45, 7) is 8.58. The van der Waals surface area contributed by atoms with Crippen LogP contribution >= 0.6 is 0 Å². The lowest BCUT2D eigenvalue weighted by atomic mass is 9.97. The van der Waals surface area contributed by atoms with Crippen molar-refractivity contribution in [3.63, 3.8) is 0 Å². The summed E-state index contributed by atoms with van der Waals surface area (Å²) >= 11 is 0. The van der Waals surface area contributed by atoms with Gasteiger partial charge in [-0.3, -0.25) is 9.00 Å². The van der Waals surface area contributed by atoms with Gasteiger partial charge in [0.15, 0.2) is 5.78 Å². The first-order valence-electron chi connectivity index (χ1n) is 15.2. The lowest BCUT2D eigenvalue weighted by Crippen LogP contribution is -2.07. The Morgan fingerprint density at radius 3 is 2.43 bits per heavy atom. The highest BCUT2D eigenvalue weighted by Gasteiger charge is 2.12. The summed E-state index contributed by atoms with van der Waals surface area (Å²) in [6, 6.07) is 19.8. The predicted molar refractivity (Wildman–Crippen MR) is 174 cm³/mol. The topological polar surface area (TPSA) is 70.4 Å². The summed E-state index contributed by atoms with van der Waals surface area (Å²) in [4.78, 5) is 17.8. The molecule has 1 atom stereocenters. The molecule has 3 aromatic carbocycles. The number of ether oxygens (including phenoxy) is 2. The van der Waals surface area contributed by atoms with Crippen molar-refractivity contribution in [1.82, 2.24) is 9.55 Å². The number of aromatic nitrogens is 2. The number of carbonyl (C=O) groups is 1. The number of unbranched alkanes of at least 4 members (excludes halogenated alkanes) is 1. The first-order chi connectivity index (χ1) is 21.4. The van der Waals surface area contributed by atoms with Gasteiger partial charge in [-0.15, -0.1) is 0 Å². The van der Waals surface area contributed by atoms with Crippen molar-refractivity contribution in [2.24, 2.45) is 0 Å². The molecule has 4 rings (SSSR count). The number of imidazole rings is 1. The molecule has 44 heavy (non-hydrogen) atoms. The van der Waals surface area contributed by atoms with Crippen LogP contribution in [-0.2, 0) is 39.0 Å². The van der Waals surface area contributed by atoms with Gasteiger partial charge in [-0.05, 0) is 84.5 Å². The first kappa shape index (κ1) is 33.0. The van der Waals surface area contributed by atoms with Crippen LogP contribution < -0.4 is 4.74 Å². The van der Waals surface area contributed by atoms with Gasteiger partial charge in [-0.25, -0.2) is 9.37 Å². The molecule has 232 valence electrons. The van der Waals surface area contributed by atoms with Gasteiger partial charge in [-0.2, -0.15) is 0 Å². The van der Waals surface area contributed by atoms with Crippen molar-refractivity contribution in [2.45, 2.75) is 63.6 Å². The molecule has 0 aliphatic rings. The van der Waals surface area contributed by atoms with Gasteiger partial charge >= 0.3 is 0 Å². The third-order valence-corrected chi connectivity index (χ3v) is 8.56. The minimum atomic E-state index is -1.22.